The smallest absolute Gasteiger partial charge is 0.0939 e. The number of nitrogens with zero attached hydrogens (tertiary/aromatic N) is 4. The maximum atomic E-state index is 5.77. The summed E-state index contributed by atoms with van der Waals surface area (Å²) in [7, 11) is 0. The largest absolute Gasteiger partial charge is 0.271 e. The van der Waals surface area contributed by atoms with E-state index in [1.807, 2.05) is 35.9 Å². The third-order valence-corrected chi connectivity index (χ3v) is 3.35. The van der Waals surface area contributed by atoms with Crippen molar-refractivity contribution < 1.29 is 0 Å². The van der Waals surface area contributed by atoms with Crippen LogP contribution in [0.4, 0.5) is 0 Å². The fourth-order valence-electron chi connectivity index (χ4n) is 2.43. The molecular formula is C14H16N6. The van der Waals surface area contributed by atoms with Crippen LogP contribution in [0.25, 0.3) is 11.0 Å². The summed E-state index contributed by atoms with van der Waals surface area (Å²) in [6, 6.07) is 7.70. The van der Waals surface area contributed by atoms with E-state index in [0.717, 1.165) is 28.8 Å². The molecule has 0 saturated heterocycles. The van der Waals surface area contributed by atoms with E-state index in [2.05, 4.69) is 20.5 Å². The Kier molecular flexibility index (Phi) is 3.41. The lowest BCUT2D eigenvalue weighted by molar-refractivity contribution is 0.545. The molecule has 0 radical (unpaired) electrons. The molecule has 0 bridgehead atoms. The van der Waals surface area contributed by atoms with Crippen LogP contribution in [0.15, 0.2) is 42.9 Å². The van der Waals surface area contributed by atoms with Crippen LogP contribution in [0.2, 0.25) is 0 Å². The molecule has 6 heteroatoms. The highest BCUT2D eigenvalue weighted by Gasteiger charge is 2.19. The van der Waals surface area contributed by atoms with E-state index in [-0.39, 0.29) is 6.04 Å². The number of nitrogens with one attached hydrogen (secondary N) is 1. The van der Waals surface area contributed by atoms with Gasteiger partial charge in [0.25, 0.3) is 0 Å². The molecule has 1 unspecified atom stereocenters. The lowest BCUT2D eigenvalue weighted by Gasteiger charge is -2.18. The number of para-hydroxylation sites is 1. The number of aromatic nitrogens is 4. The van der Waals surface area contributed by atoms with E-state index in [1.54, 1.807) is 18.6 Å². The molecule has 0 aliphatic heterocycles. The van der Waals surface area contributed by atoms with Gasteiger partial charge in [-0.3, -0.25) is 20.5 Å². The van der Waals surface area contributed by atoms with Crippen LogP contribution in [0, 0.1) is 0 Å². The molecule has 0 amide bonds. The van der Waals surface area contributed by atoms with Crippen molar-refractivity contribution in [3.8, 4) is 0 Å². The zero-order valence-electron chi connectivity index (χ0n) is 11.2. The summed E-state index contributed by atoms with van der Waals surface area (Å²) in [4.78, 5) is 8.76. The van der Waals surface area contributed by atoms with E-state index < -0.39 is 0 Å². The minimum atomic E-state index is -0.169. The Labute approximate surface area is 116 Å². The van der Waals surface area contributed by atoms with Gasteiger partial charge in [0.1, 0.15) is 0 Å². The number of aryl methyl sites for hydroxylation is 1. The maximum absolute atomic E-state index is 5.77. The lowest BCUT2D eigenvalue weighted by atomic mass is 10.0. The summed E-state index contributed by atoms with van der Waals surface area (Å²) < 4.78 is 1.92. The van der Waals surface area contributed by atoms with E-state index in [1.165, 1.54) is 0 Å². The summed E-state index contributed by atoms with van der Waals surface area (Å²) >= 11 is 0. The Morgan fingerprint density at radius 1 is 1.20 bits per heavy atom. The van der Waals surface area contributed by atoms with Gasteiger partial charge in [0.15, 0.2) is 0 Å². The SMILES string of the molecule is CCn1nccc1C(NN)c1cccc2nccnc12. The topological polar surface area (TPSA) is 81.7 Å². The third-order valence-electron chi connectivity index (χ3n) is 3.35. The number of rotatable bonds is 4. The van der Waals surface area contributed by atoms with Crippen LogP contribution in [0.5, 0.6) is 0 Å². The average Bonchev–Trinajstić information content (AvgIpc) is 2.97. The number of fused-ring (bicyclic) bond motifs is 1. The fourth-order valence-corrected chi connectivity index (χ4v) is 2.43. The fraction of sp³-hybridized carbons (Fsp3) is 0.214. The maximum Gasteiger partial charge on any atom is 0.0939 e. The van der Waals surface area contributed by atoms with E-state index in [9.17, 15) is 0 Å². The van der Waals surface area contributed by atoms with E-state index in [4.69, 9.17) is 5.84 Å². The van der Waals surface area contributed by atoms with Gasteiger partial charge >= 0.3 is 0 Å². The normalized spacial score (nSPS) is 12.7. The summed E-state index contributed by atoms with van der Waals surface area (Å²) in [6.45, 7) is 2.84. The number of hydrogen-bond acceptors (Lipinski definition) is 5. The first-order chi connectivity index (χ1) is 9.85. The molecule has 3 rings (SSSR count). The summed E-state index contributed by atoms with van der Waals surface area (Å²) in [5.41, 5.74) is 6.56. The van der Waals surface area contributed by atoms with Gasteiger partial charge in [0.2, 0.25) is 0 Å². The first kappa shape index (κ1) is 12.7. The van der Waals surface area contributed by atoms with Crippen LogP contribution in [0.1, 0.15) is 24.2 Å². The van der Waals surface area contributed by atoms with Gasteiger partial charge < -0.3 is 0 Å². The molecule has 20 heavy (non-hydrogen) atoms. The van der Waals surface area contributed by atoms with Crippen LogP contribution < -0.4 is 11.3 Å². The minimum absolute atomic E-state index is 0.169. The molecule has 102 valence electrons. The first-order valence-corrected chi connectivity index (χ1v) is 6.52. The van der Waals surface area contributed by atoms with Crippen molar-refractivity contribution in [2.75, 3.05) is 0 Å². The van der Waals surface area contributed by atoms with Crippen LogP contribution in [-0.4, -0.2) is 19.7 Å². The predicted octanol–water partition coefficient (Wildman–Crippen LogP) is 1.40. The van der Waals surface area contributed by atoms with Gasteiger partial charge in [-0.25, -0.2) is 5.43 Å². The quantitative estimate of drug-likeness (QED) is 0.552. The molecule has 2 heterocycles. The second-order valence-corrected chi connectivity index (χ2v) is 4.44. The molecule has 0 saturated carbocycles. The van der Waals surface area contributed by atoms with Gasteiger partial charge in [-0.05, 0) is 19.1 Å². The highest BCUT2D eigenvalue weighted by atomic mass is 15.3. The van der Waals surface area contributed by atoms with E-state index in [0.29, 0.717) is 0 Å². The Bertz CT molecular complexity index is 715. The Balaban J connectivity index is 2.17. The zero-order valence-corrected chi connectivity index (χ0v) is 11.2. The Morgan fingerprint density at radius 2 is 2.05 bits per heavy atom. The van der Waals surface area contributed by atoms with Crippen LogP contribution >= 0.6 is 0 Å². The van der Waals surface area contributed by atoms with Crippen LogP contribution in [-0.2, 0) is 6.54 Å². The minimum Gasteiger partial charge on any atom is -0.271 e. The average molecular weight is 268 g/mol. The van der Waals surface area contributed by atoms with Crippen LogP contribution in [0.3, 0.4) is 0 Å². The van der Waals surface area contributed by atoms with Gasteiger partial charge in [0, 0.05) is 30.7 Å². The number of hydrazine groups is 1. The highest BCUT2D eigenvalue weighted by Crippen LogP contribution is 2.26. The molecule has 0 spiro atoms. The molecule has 6 nitrogen and oxygen atoms in total. The van der Waals surface area contributed by atoms with Crippen molar-refractivity contribution in [1.82, 2.24) is 25.2 Å². The molecular weight excluding hydrogens is 252 g/mol. The molecule has 1 atom stereocenters. The van der Waals surface area contributed by atoms with Crippen molar-refractivity contribution >= 4 is 11.0 Å². The summed E-state index contributed by atoms with van der Waals surface area (Å²) in [5.74, 6) is 5.77. The Morgan fingerprint density at radius 3 is 2.85 bits per heavy atom. The van der Waals surface area contributed by atoms with Gasteiger partial charge in [-0.15, -0.1) is 0 Å². The van der Waals surface area contributed by atoms with Crippen molar-refractivity contribution in [3.05, 3.63) is 54.1 Å². The third kappa shape index (κ3) is 2.04. The van der Waals surface area contributed by atoms with Gasteiger partial charge in [-0.2, -0.15) is 5.10 Å². The van der Waals surface area contributed by atoms with E-state index >= 15 is 0 Å². The van der Waals surface area contributed by atoms with Gasteiger partial charge in [0.05, 0.1) is 22.8 Å². The van der Waals surface area contributed by atoms with Crippen molar-refractivity contribution in [2.45, 2.75) is 19.5 Å². The second kappa shape index (κ2) is 5.36. The summed E-state index contributed by atoms with van der Waals surface area (Å²) in [6.07, 6.45) is 5.16. The van der Waals surface area contributed by atoms with Gasteiger partial charge in [-0.1, -0.05) is 12.1 Å². The molecule has 3 aromatic rings. The zero-order chi connectivity index (χ0) is 13.9. The molecule has 2 aromatic heterocycles. The first-order valence-electron chi connectivity index (χ1n) is 6.52. The monoisotopic (exact) mass is 268 g/mol. The Hall–Kier alpha value is -2.31. The lowest BCUT2D eigenvalue weighted by Crippen LogP contribution is -2.31. The number of nitrogens with two attached hydrogens (primary N) is 1. The standard InChI is InChI=1S/C14H16N6/c1-2-20-12(6-7-18-20)14(19-15)10-4-3-5-11-13(10)17-9-8-16-11/h3-9,14,19H,2,15H2,1H3. The number of benzene rings is 1. The predicted molar refractivity (Wildman–Crippen MR) is 76.6 cm³/mol. The highest BCUT2D eigenvalue weighted by molar-refractivity contribution is 5.78. The van der Waals surface area contributed by atoms with Crippen molar-refractivity contribution in [2.24, 2.45) is 5.84 Å². The summed E-state index contributed by atoms with van der Waals surface area (Å²) in [5, 5.41) is 4.29. The second-order valence-electron chi connectivity index (χ2n) is 4.44. The molecule has 0 fully saturated rings. The molecule has 3 N–H and O–H groups in total. The van der Waals surface area contributed by atoms with Crippen molar-refractivity contribution in [1.29, 1.82) is 0 Å². The van der Waals surface area contributed by atoms with Crippen molar-refractivity contribution in [3.63, 3.8) is 0 Å². The molecule has 0 aliphatic carbocycles. The molecule has 1 aromatic carbocycles. The number of hydrogen-bond donors (Lipinski definition) is 2. The molecule has 0 aliphatic rings.